The van der Waals surface area contributed by atoms with E-state index in [0.29, 0.717) is 11.5 Å². The second-order valence-corrected chi connectivity index (χ2v) is 4.04. The van der Waals surface area contributed by atoms with Crippen LogP contribution in [0, 0.1) is 0 Å². The molecule has 0 atom stereocenters. The minimum Gasteiger partial charge on any atom is -0.484 e. The summed E-state index contributed by atoms with van der Waals surface area (Å²) in [6.45, 7) is 0.102. The van der Waals surface area contributed by atoms with Crippen molar-refractivity contribution in [1.82, 2.24) is 0 Å². The topological polar surface area (TPSA) is 61.0 Å². The summed E-state index contributed by atoms with van der Waals surface area (Å²) in [5.41, 5.74) is 0.201. The van der Waals surface area contributed by atoms with E-state index in [-0.39, 0.29) is 18.2 Å². The summed E-state index contributed by atoms with van der Waals surface area (Å²) < 4.78 is 15.6. The molecule has 0 fully saturated rings. The van der Waals surface area contributed by atoms with Crippen molar-refractivity contribution >= 4 is 17.9 Å². The summed E-state index contributed by atoms with van der Waals surface area (Å²) in [5, 5.41) is 0. The van der Waals surface area contributed by atoms with Crippen LogP contribution in [-0.4, -0.2) is 18.5 Å². The largest absolute Gasteiger partial charge is 0.484 e. The molecule has 1 aliphatic heterocycles. The maximum absolute atomic E-state index is 11.6. The zero-order chi connectivity index (χ0) is 13.8. The molecule has 5 heteroatoms. The Labute approximate surface area is 115 Å². The fourth-order valence-electron chi connectivity index (χ4n) is 1.68. The third kappa shape index (κ3) is 2.77. The van der Waals surface area contributed by atoms with Crippen LogP contribution in [0.3, 0.4) is 0 Å². The molecular weight excluding hydrogens is 258 g/mol. The number of rotatable bonds is 4. The van der Waals surface area contributed by atoms with Crippen LogP contribution in [0.15, 0.2) is 63.8 Å². The number of cyclic esters (lactones) is 1. The highest BCUT2D eigenvalue weighted by Gasteiger charge is 2.23. The van der Waals surface area contributed by atoms with Gasteiger partial charge in [-0.3, -0.25) is 0 Å². The number of carbonyl (C=O) groups excluding carboxylic acids is 1. The molecule has 1 aliphatic rings. The zero-order valence-electron chi connectivity index (χ0n) is 10.5. The fourth-order valence-corrected chi connectivity index (χ4v) is 1.68. The van der Waals surface area contributed by atoms with E-state index >= 15 is 0 Å². The van der Waals surface area contributed by atoms with Crippen LogP contribution in [0.1, 0.15) is 5.76 Å². The van der Waals surface area contributed by atoms with E-state index in [1.54, 1.807) is 12.1 Å². The summed E-state index contributed by atoms with van der Waals surface area (Å²) >= 11 is 0. The van der Waals surface area contributed by atoms with Gasteiger partial charge in [0.15, 0.2) is 12.3 Å². The molecule has 0 unspecified atom stereocenters. The Morgan fingerprint density at radius 2 is 2.00 bits per heavy atom. The molecule has 0 saturated carbocycles. The summed E-state index contributed by atoms with van der Waals surface area (Å²) in [4.78, 5) is 15.7. The predicted octanol–water partition coefficient (Wildman–Crippen LogP) is 2.65. The highest BCUT2D eigenvalue weighted by Crippen LogP contribution is 2.16. The SMILES string of the molecule is O=C1OC(COc2ccccc2)=N/C1=C/c1ccco1. The van der Waals surface area contributed by atoms with Crippen LogP contribution in [0.4, 0.5) is 0 Å². The van der Waals surface area contributed by atoms with Crippen molar-refractivity contribution in [1.29, 1.82) is 0 Å². The molecule has 2 heterocycles. The molecule has 0 amide bonds. The minimum absolute atomic E-state index is 0.102. The number of aliphatic imine (C=N–C) groups is 1. The van der Waals surface area contributed by atoms with Gasteiger partial charge in [-0.05, 0) is 24.3 Å². The first-order chi connectivity index (χ1) is 9.81. The van der Waals surface area contributed by atoms with Crippen LogP contribution in [0.5, 0.6) is 5.75 Å². The van der Waals surface area contributed by atoms with E-state index in [1.165, 1.54) is 12.3 Å². The first-order valence-electron chi connectivity index (χ1n) is 6.04. The van der Waals surface area contributed by atoms with Crippen molar-refractivity contribution in [3.8, 4) is 5.75 Å². The zero-order valence-corrected chi connectivity index (χ0v) is 10.5. The monoisotopic (exact) mass is 269 g/mol. The average molecular weight is 269 g/mol. The van der Waals surface area contributed by atoms with Gasteiger partial charge >= 0.3 is 5.97 Å². The highest BCUT2D eigenvalue weighted by molar-refractivity contribution is 6.07. The van der Waals surface area contributed by atoms with E-state index < -0.39 is 5.97 Å². The lowest BCUT2D eigenvalue weighted by Gasteiger charge is -2.03. The Hall–Kier alpha value is -2.82. The molecule has 2 aromatic rings. The van der Waals surface area contributed by atoms with E-state index in [9.17, 15) is 4.79 Å². The third-order valence-corrected chi connectivity index (χ3v) is 2.59. The normalized spacial score (nSPS) is 16.1. The molecule has 3 rings (SSSR count). The van der Waals surface area contributed by atoms with Crippen molar-refractivity contribution in [3.63, 3.8) is 0 Å². The molecule has 20 heavy (non-hydrogen) atoms. The standard InChI is InChI=1S/C15H11NO4/c17-15-13(9-12-7-4-8-18-12)16-14(20-15)10-19-11-5-2-1-3-6-11/h1-9H,10H2/b13-9+. The van der Waals surface area contributed by atoms with E-state index in [1.807, 2.05) is 30.3 Å². The van der Waals surface area contributed by atoms with Crippen LogP contribution >= 0.6 is 0 Å². The van der Waals surface area contributed by atoms with Gasteiger partial charge in [0, 0.05) is 6.08 Å². The Morgan fingerprint density at radius 3 is 2.75 bits per heavy atom. The number of hydrogen-bond acceptors (Lipinski definition) is 5. The van der Waals surface area contributed by atoms with Crippen LogP contribution in [0.25, 0.3) is 6.08 Å². The van der Waals surface area contributed by atoms with Crippen LogP contribution < -0.4 is 4.74 Å². The fraction of sp³-hybridized carbons (Fsp3) is 0.0667. The lowest BCUT2D eigenvalue weighted by molar-refractivity contribution is -0.130. The number of hydrogen-bond donors (Lipinski definition) is 0. The molecule has 0 saturated heterocycles. The van der Waals surface area contributed by atoms with Crippen LogP contribution in [-0.2, 0) is 9.53 Å². The lowest BCUT2D eigenvalue weighted by atomic mass is 10.3. The van der Waals surface area contributed by atoms with Crippen LogP contribution in [0.2, 0.25) is 0 Å². The molecule has 1 aromatic heterocycles. The third-order valence-electron chi connectivity index (χ3n) is 2.59. The molecule has 100 valence electrons. The molecule has 1 aromatic carbocycles. The van der Waals surface area contributed by atoms with Crippen molar-refractivity contribution in [2.75, 3.05) is 6.61 Å². The van der Waals surface area contributed by atoms with E-state index in [4.69, 9.17) is 13.9 Å². The van der Waals surface area contributed by atoms with Gasteiger partial charge in [0.05, 0.1) is 6.26 Å². The maximum atomic E-state index is 11.6. The Bertz CT molecular complexity index is 656. The van der Waals surface area contributed by atoms with E-state index in [2.05, 4.69) is 4.99 Å². The Kier molecular flexibility index (Phi) is 3.33. The number of para-hydroxylation sites is 1. The minimum atomic E-state index is -0.506. The summed E-state index contributed by atoms with van der Waals surface area (Å²) in [6.07, 6.45) is 3.05. The Morgan fingerprint density at radius 1 is 1.15 bits per heavy atom. The second-order valence-electron chi connectivity index (χ2n) is 4.04. The Balaban J connectivity index is 1.68. The summed E-state index contributed by atoms with van der Waals surface area (Å²) in [7, 11) is 0. The molecular formula is C15H11NO4. The molecule has 0 radical (unpaired) electrons. The van der Waals surface area contributed by atoms with Gasteiger partial charge in [-0.2, -0.15) is 0 Å². The molecule has 0 bridgehead atoms. The summed E-state index contributed by atoms with van der Waals surface area (Å²) in [5.74, 6) is 0.963. The van der Waals surface area contributed by atoms with Gasteiger partial charge in [0.25, 0.3) is 0 Å². The first-order valence-corrected chi connectivity index (χ1v) is 6.04. The van der Waals surface area contributed by atoms with Crippen molar-refractivity contribution in [2.45, 2.75) is 0 Å². The van der Waals surface area contributed by atoms with Crippen molar-refractivity contribution in [2.24, 2.45) is 4.99 Å². The molecule has 0 N–H and O–H groups in total. The average Bonchev–Trinajstić information content (AvgIpc) is 3.09. The summed E-state index contributed by atoms with van der Waals surface area (Å²) in [6, 6.07) is 12.7. The first kappa shape index (κ1) is 12.2. The smallest absolute Gasteiger partial charge is 0.363 e. The molecule has 0 aliphatic carbocycles. The predicted molar refractivity (Wildman–Crippen MR) is 72.1 cm³/mol. The number of nitrogens with zero attached hydrogens (tertiary/aromatic N) is 1. The maximum Gasteiger partial charge on any atom is 0.363 e. The highest BCUT2D eigenvalue weighted by atomic mass is 16.6. The van der Waals surface area contributed by atoms with E-state index in [0.717, 1.165) is 0 Å². The quantitative estimate of drug-likeness (QED) is 0.632. The van der Waals surface area contributed by atoms with Gasteiger partial charge in [-0.25, -0.2) is 9.79 Å². The van der Waals surface area contributed by atoms with Gasteiger partial charge in [-0.1, -0.05) is 18.2 Å². The number of benzene rings is 1. The van der Waals surface area contributed by atoms with Gasteiger partial charge < -0.3 is 13.9 Å². The number of carbonyl (C=O) groups is 1. The lowest BCUT2D eigenvalue weighted by Crippen LogP contribution is -2.13. The molecule has 5 nitrogen and oxygen atoms in total. The number of ether oxygens (including phenoxy) is 2. The van der Waals surface area contributed by atoms with Gasteiger partial charge in [-0.15, -0.1) is 0 Å². The van der Waals surface area contributed by atoms with Gasteiger partial charge in [0.1, 0.15) is 11.5 Å². The number of esters is 1. The number of furan rings is 1. The molecule has 0 spiro atoms. The van der Waals surface area contributed by atoms with Crippen molar-refractivity contribution in [3.05, 3.63) is 60.2 Å². The van der Waals surface area contributed by atoms with Crippen molar-refractivity contribution < 1.29 is 18.7 Å². The van der Waals surface area contributed by atoms with Gasteiger partial charge in [0.2, 0.25) is 5.90 Å². The second kappa shape index (κ2) is 5.44.